The van der Waals surface area contributed by atoms with E-state index in [2.05, 4.69) is 137 Å². The lowest BCUT2D eigenvalue weighted by Crippen LogP contribution is -2.49. The number of pyridine rings is 1. The fourth-order valence-corrected chi connectivity index (χ4v) is 9.06. The van der Waals surface area contributed by atoms with Crippen LogP contribution in [-0.2, 0) is 37.0 Å². The first kappa shape index (κ1) is 71.6. The number of fused-ring (bicyclic) bond motifs is 1. The number of hydrazine groups is 1. The quantitative estimate of drug-likeness (QED) is 0.0475. The van der Waals surface area contributed by atoms with Crippen LogP contribution in [0.4, 0.5) is 0 Å². The Morgan fingerprint density at radius 3 is 2.17 bits per heavy atom. The summed E-state index contributed by atoms with van der Waals surface area (Å²) < 4.78 is 8.27. The maximum absolute atomic E-state index is 11.0. The van der Waals surface area contributed by atoms with E-state index in [-0.39, 0.29) is 43.6 Å². The van der Waals surface area contributed by atoms with Gasteiger partial charge in [0, 0.05) is 103 Å². The zero-order valence-electron chi connectivity index (χ0n) is 44.3. The third kappa shape index (κ3) is 22.6. The number of hydroxylamine groups is 2. The fraction of sp³-hybridized carbons (Fsp3) is 0.586. The molecule has 0 saturated carbocycles. The molecule has 14 nitrogen and oxygen atoms in total. The van der Waals surface area contributed by atoms with Crippen molar-refractivity contribution >= 4 is 30.4 Å². The Hall–Kier alpha value is -4.64. The number of methoxy groups -OCH3 is 1. The first-order chi connectivity index (χ1) is 32.9. The van der Waals surface area contributed by atoms with Gasteiger partial charge in [-0.3, -0.25) is 20.5 Å². The lowest BCUT2D eigenvalue weighted by molar-refractivity contribution is -0.262. The van der Waals surface area contributed by atoms with Gasteiger partial charge in [0.15, 0.2) is 0 Å². The lowest BCUT2D eigenvalue weighted by Gasteiger charge is -2.34. The molecule has 2 saturated heterocycles. The van der Waals surface area contributed by atoms with Gasteiger partial charge in [-0.05, 0) is 123 Å². The largest absolute Gasteiger partial charge is 0.384 e. The van der Waals surface area contributed by atoms with E-state index in [4.69, 9.17) is 30.2 Å². The van der Waals surface area contributed by atoms with Gasteiger partial charge in [0.25, 0.3) is 0 Å². The molecule has 1 amide bonds. The average molecular weight is 1010 g/mol. The fourth-order valence-electron chi connectivity index (χ4n) is 9.06. The maximum Gasteiger partial charge on any atom is 0.245 e. The molecule has 4 heterocycles. The Bertz CT molecular complexity index is 2080. The van der Waals surface area contributed by atoms with Crippen LogP contribution >= 0.6 is 0 Å². The summed E-state index contributed by atoms with van der Waals surface area (Å²) in [6, 6.07) is 18.6. The van der Waals surface area contributed by atoms with Crippen LogP contribution in [0.25, 0.3) is 33.3 Å². The number of carbonyl (C=O) groups is 3. The van der Waals surface area contributed by atoms with E-state index in [0.717, 1.165) is 69.9 Å². The van der Waals surface area contributed by atoms with E-state index in [9.17, 15) is 10.1 Å². The second-order valence-corrected chi connectivity index (χ2v) is 19.4. The number of rotatable bonds is 16. The number of likely N-dealkylation sites (tertiary alicyclic amines) is 1. The van der Waals surface area contributed by atoms with Gasteiger partial charge in [-0.15, -0.1) is 0 Å². The number of hydrogen-bond donors (Lipinski definition) is 4. The molecule has 0 radical (unpaired) electrons. The van der Waals surface area contributed by atoms with E-state index < -0.39 is 5.41 Å². The SMILES string of the molecule is C.C.C.C=CC(=O)N1CC[C@H](C)C1.C=O.C=O.CC(C)CN(C)O.CCN.CCn1c(-c2cnccc2C)c(C(COC)C(C)(C)COO)c2cc(-c3cccc(CC(C)CN4CCC[C@@H](C)N4)c3)ccc21.[HH].[HH]. The van der Waals surface area contributed by atoms with Gasteiger partial charge < -0.3 is 34.7 Å². The highest BCUT2D eigenvalue weighted by Crippen LogP contribution is 2.47. The normalized spacial score (nSPS) is 15.9. The molecule has 2 aromatic carbocycles. The van der Waals surface area contributed by atoms with Gasteiger partial charge in [-0.1, -0.05) is 108 Å². The van der Waals surface area contributed by atoms with Crippen LogP contribution in [0.3, 0.4) is 0 Å². The molecule has 4 atom stereocenters. The van der Waals surface area contributed by atoms with Crippen molar-refractivity contribution < 1.29 is 37.3 Å². The Morgan fingerprint density at radius 1 is 1.03 bits per heavy atom. The smallest absolute Gasteiger partial charge is 0.245 e. The molecular formula is C58H105N7O7. The van der Waals surface area contributed by atoms with Gasteiger partial charge in [-0.2, -0.15) is 5.06 Å². The summed E-state index contributed by atoms with van der Waals surface area (Å²) in [7, 11) is 3.40. The van der Waals surface area contributed by atoms with Crippen molar-refractivity contribution in [1.29, 1.82) is 0 Å². The van der Waals surface area contributed by atoms with Gasteiger partial charge in [-0.25, -0.2) is 9.90 Å². The summed E-state index contributed by atoms with van der Waals surface area (Å²) in [6.07, 6.45) is 9.90. The predicted molar refractivity (Wildman–Crippen MR) is 307 cm³/mol. The summed E-state index contributed by atoms with van der Waals surface area (Å²) in [6.45, 7) is 35.9. The standard InChI is InChI=1S/C38H52N4O3.C8H13NO.C5H13NO.C2H7N.2CH2O.3CH4.2H2/c1-8-42-35-15-14-31(30-13-9-12-29(20-30)19-26(2)23-41-18-10-11-28(4)40-41)21-32(35)36(34(24-44-7)38(5,6)25-45-43)37(42)33-22-39-17-16-27(33)3;1-3-8(10)9-5-4-7(2)6-9;1-5(2)4-6(3)7;1-2-3;2*1-2;;;;;/h9,12-17,20-22,26,28,34,40,43H,8,10-11,18-19,23-25H2,1-7H3;3,7H,1,4-6H2,2H3;5,7H,4H2,1-3H3;2-3H2,1H3;2*1H2;3*1H4;2*1H/t26?,28-,34?;7-;;;;;;;;;/m10........./s1. The van der Waals surface area contributed by atoms with Crippen molar-refractivity contribution in [2.45, 2.75) is 136 Å². The van der Waals surface area contributed by atoms with Crippen LogP contribution in [0.15, 0.2) is 73.6 Å². The third-order valence-electron chi connectivity index (χ3n) is 12.2. The lowest BCUT2D eigenvalue weighted by atomic mass is 9.74. The molecule has 5 N–H and O–H groups in total. The van der Waals surface area contributed by atoms with Crippen molar-refractivity contribution in [2.24, 2.45) is 28.9 Å². The number of amides is 1. The van der Waals surface area contributed by atoms with Gasteiger partial charge >= 0.3 is 0 Å². The van der Waals surface area contributed by atoms with Gasteiger partial charge in [0.2, 0.25) is 5.91 Å². The van der Waals surface area contributed by atoms with Crippen molar-refractivity contribution in [3.63, 3.8) is 0 Å². The molecule has 14 heteroatoms. The minimum absolute atomic E-state index is 0. The van der Waals surface area contributed by atoms with E-state index in [1.165, 1.54) is 62.7 Å². The molecule has 2 aliphatic heterocycles. The predicted octanol–water partition coefficient (Wildman–Crippen LogP) is 12.1. The van der Waals surface area contributed by atoms with E-state index in [1.54, 1.807) is 14.2 Å². The van der Waals surface area contributed by atoms with Gasteiger partial charge in [0.1, 0.15) is 13.6 Å². The van der Waals surface area contributed by atoms with Crippen molar-refractivity contribution in [3.8, 4) is 22.4 Å². The molecule has 6 rings (SSSR count). The molecule has 4 aromatic rings. The van der Waals surface area contributed by atoms with E-state index >= 15 is 0 Å². The highest BCUT2D eigenvalue weighted by Gasteiger charge is 2.37. The first-order valence-corrected chi connectivity index (χ1v) is 24.5. The molecule has 0 aliphatic carbocycles. The number of hydrogen-bond acceptors (Lipinski definition) is 12. The monoisotopic (exact) mass is 1010 g/mol. The highest BCUT2D eigenvalue weighted by molar-refractivity contribution is 5.96. The number of nitrogens with two attached hydrogens (primary N) is 1. The van der Waals surface area contributed by atoms with E-state index in [1.807, 2.05) is 37.8 Å². The summed E-state index contributed by atoms with van der Waals surface area (Å²) >= 11 is 0. The number of nitrogens with one attached hydrogen (secondary N) is 1. The zero-order valence-corrected chi connectivity index (χ0v) is 44.3. The zero-order chi connectivity index (χ0) is 52.3. The van der Waals surface area contributed by atoms with Crippen LogP contribution in [-0.4, -0.2) is 127 Å². The van der Waals surface area contributed by atoms with E-state index in [0.29, 0.717) is 30.4 Å². The number of aromatic nitrogens is 2. The second-order valence-electron chi connectivity index (χ2n) is 19.4. The van der Waals surface area contributed by atoms with Crippen molar-refractivity contribution in [2.75, 3.05) is 66.6 Å². The molecule has 2 aliphatic rings. The molecule has 0 spiro atoms. The average Bonchev–Trinajstić information content (AvgIpc) is 3.90. The topological polar surface area (TPSA) is 176 Å². The maximum atomic E-state index is 11.0. The number of aryl methyl sites for hydroxylation is 2. The third-order valence-corrected chi connectivity index (χ3v) is 12.2. The number of nitrogens with zero attached hydrogens (tertiary/aromatic N) is 5. The second kappa shape index (κ2) is 38.0. The van der Waals surface area contributed by atoms with Crippen LogP contribution in [0, 0.1) is 30.1 Å². The van der Waals surface area contributed by atoms with Crippen molar-refractivity contribution in [1.82, 2.24) is 29.9 Å². The number of ether oxygens (including phenoxy) is 1. The number of carbonyl (C=O) groups excluding carboxylic acids is 3. The summed E-state index contributed by atoms with van der Waals surface area (Å²) in [4.78, 5) is 38.1. The molecule has 2 aromatic heterocycles. The summed E-state index contributed by atoms with van der Waals surface area (Å²) in [5, 5.41) is 23.0. The molecule has 2 fully saturated rings. The molecule has 0 bridgehead atoms. The Labute approximate surface area is 440 Å². The minimum Gasteiger partial charge on any atom is -0.384 e. The molecular weight excluding hydrogens is 907 g/mol. The highest BCUT2D eigenvalue weighted by atomic mass is 17.1. The van der Waals surface area contributed by atoms with Crippen molar-refractivity contribution in [3.05, 3.63) is 90.3 Å². The Morgan fingerprint density at radius 2 is 1.67 bits per heavy atom. The summed E-state index contributed by atoms with van der Waals surface area (Å²) in [5.74, 6) is 1.79. The Balaban J connectivity index is -0.000000458. The summed E-state index contributed by atoms with van der Waals surface area (Å²) in [5.41, 5.74) is 17.7. The van der Waals surface area contributed by atoms with Crippen LogP contribution < -0.4 is 11.2 Å². The molecule has 2 unspecified atom stereocenters. The van der Waals surface area contributed by atoms with Crippen LogP contribution in [0.2, 0.25) is 0 Å². The molecule has 72 heavy (non-hydrogen) atoms. The van der Waals surface area contributed by atoms with Gasteiger partial charge in [0.05, 0.1) is 18.9 Å². The number of benzene rings is 2. The minimum atomic E-state index is -0.407. The Kier molecular flexibility index (Phi) is 37.8. The molecule has 414 valence electrons. The first-order valence-electron chi connectivity index (χ1n) is 24.5. The van der Waals surface area contributed by atoms with Crippen LogP contribution in [0.1, 0.15) is 129 Å². The van der Waals surface area contributed by atoms with Crippen LogP contribution in [0.5, 0.6) is 0 Å².